The van der Waals surface area contributed by atoms with Crippen molar-refractivity contribution in [3.05, 3.63) is 29.8 Å². The quantitative estimate of drug-likeness (QED) is 0.828. The minimum Gasteiger partial charge on any atom is -0.491 e. The van der Waals surface area contributed by atoms with E-state index in [0.717, 1.165) is 24.2 Å². The van der Waals surface area contributed by atoms with E-state index in [-0.39, 0.29) is 6.10 Å². The van der Waals surface area contributed by atoms with Crippen LogP contribution in [-0.2, 0) is 4.74 Å². The summed E-state index contributed by atoms with van der Waals surface area (Å²) in [7, 11) is 0. The van der Waals surface area contributed by atoms with Crippen LogP contribution in [0, 0.1) is 11.8 Å². The fourth-order valence-corrected chi connectivity index (χ4v) is 1.98. The summed E-state index contributed by atoms with van der Waals surface area (Å²) in [6, 6.07) is 7.74. The van der Waals surface area contributed by atoms with E-state index in [1.165, 1.54) is 0 Å². The number of hydrogen-bond acceptors (Lipinski definition) is 3. The highest BCUT2D eigenvalue weighted by Gasteiger charge is 2.21. The summed E-state index contributed by atoms with van der Waals surface area (Å²) in [5, 5.41) is 0. The highest BCUT2D eigenvalue weighted by atomic mass is 16.5. The number of ether oxygens (including phenoxy) is 2. The molecule has 18 heavy (non-hydrogen) atoms. The van der Waals surface area contributed by atoms with Gasteiger partial charge in [0.1, 0.15) is 12.4 Å². The fourth-order valence-electron chi connectivity index (χ4n) is 1.98. The molecule has 3 nitrogen and oxygen atoms in total. The molecule has 1 fully saturated rings. The summed E-state index contributed by atoms with van der Waals surface area (Å²) in [4.78, 5) is 0. The molecule has 0 aromatic heterocycles. The molecule has 96 valence electrons. The largest absolute Gasteiger partial charge is 0.491 e. The van der Waals surface area contributed by atoms with Gasteiger partial charge in [-0.3, -0.25) is 0 Å². The van der Waals surface area contributed by atoms with E-state index >= 15 is 0 Å². The van der Waals surface area contributed by atoms with Crippen molar-refractivity contribution in [3.63, 3.8) is 0 Å². The first-order valence-electron chi connectivity index (χ1n) is 6.35. The van der Waals surface area contributed by atoms with Gasteiger partial charge >= 0.3 is 0 Å². The molecular weight excluding hydrogens is 226 g/mol. The Morgan fingerprint density at radius 3 is 2.72 bits per heavy atom. The van der Waals surface area contributed by atoms with Gasteiger partial charge in [-0.05, 0) is 44.0 Å². The van der Waals surface area contributed by atoms with Gasteiger partial charge in [-0.15, -0.1) is 0 Å². The Labute approximate surface area is 108 Å². The van der Waals surface area contributed by atoms with Crippen molar-refractivity contribution in [2.24, 2.45) is 5.73 Å². The summed E-state index contributed by atoms with van der Waals surface area (Å²) in [6.07, 6.45) is 2.81. The second kappa shape index (κ2) is 6.44. The Morgan fingerprint density at radius 2 is 2.11 bits per heavy atom. The third kappa shape index (κ3) is 3.76. The summed E-state index contributed by atoms with van der Waals surface area (Å²) >= 11 is 0. The first-order valence-corrected chi connectivity index (χ1v) is 6.35. The Bertz CT molecular complexity index is 430. The average Bonchev–Trinajstić information content (AvgIpc) is 2.81. The maximum absolute atomic E-state index is 5.70. The van der Waals surface area contributed by atoms with Crippen molar-refractivity contribution in [2.75, 3.05) is 13.2 Å². The van der Waals surface area contributed by atoms with Gasteiger partial charge in [0, 0.05) is 5.56 Å². The van der Waals surface area contributed by atoms with Crippen molar-refractivity contribution in [1.29, 1.82) is 0 Å². The molecule has 0 saturated carbocycles. The Kier molecular flexibility index (Phi) is 4.63. The topological polar surface area (TPSA) is 44.5 Å². The van der Waals surface area contributed by atoms with Gasteiger partial charge < -0.3 is 15.2 Å². The minimum absolute atomic E-state index is 0.233. The maximum Gasteiger partial charge on any atom is 0.119 e. The lowest BCUT2D eigenvalue weighted by molar-refractivity contribution is 0.0264. The van der Waals surface area contributed by atoms with Gasteiger partial charge in [0.2, 0.25) is 0 Å². The molecule has 0 spiro atoms. The predicted molar refractivity (Wildman–Crippen MR) is 71.4 cm³/mol. The highest BCUT2D eigenvalue weighted by Crippen LogP contribution is 2.20. The van der Waals surface area contributed by atoms with E-state index in [1.807, 2.05) is 24.3 Å². The van der Waals surface area contributed by atoms with E-state index in [1.54, 1.807) is 0 Å². The normalized spacial score (nSPS) is 22.3. The Morgan fingerprint density at radius 1 is 1.33 bits per heavy atom. The molecule has 2 N–H and O–H groups in total. The minimum atomic E-state index is 0.233. The highest BCUT2D eigenvalue weighted by molar-refractivity contribution is 5.38. The molecule has 1 aromatic carbocycles. The monoisotopic (exact) mass is 245 g/mol. The molecule has 2 atom stereocenters. The van der Waals surface area contributed by atoms with E-state index < -0.39 is 0 Å². The zero-order chi connectivity index (χ0) is 12.8. The van der Waals surface area contributed by atoms with Gasteiger partial charge in [0.15, 0.2) is 0 Å². The summed E-state index contributed by atoms with van der Waals surface area (Å²) in [5.41, 5.74) is 6.28. The Hall–Kier alpha value is -1.50. The van der Waals surface area contributed by atoms with E-state index in [4.69, 9.17) is 15.2 Å². The molecule has 0 amide bonds. The lowest BCUT2D eigenvalue weighted by Crippen LogP contribution is -2.17. The van der Waals surface area contributed by atoms with Crippen LogP contribution in [0.4, 0.5) is 0 Å². The molecule has 0 aliphatic carbocycles. The zero-order valence-electron chi connectivity index (χ0n) is 10.7. The van der Waals surface area contributed by atoms with Crippen LogP contribution in [0.25, 0.3) is 0 Å². The van der Waals surface area contributed by atoms with E-state index in [0.29, 0.717) is 19.3 Å². The molecule has 1 aromatic rings. The van der Waals surface area contributed by atoms with Crippen molar-refractivity contribution < 1.29 is 9.47 Å². The molecule has 1 aliphatic rings. The molecule has 1 heterocycles. The van der Waals surface area contributed by atoms with Gasteiger partial charge in [-0.2, -0.15) is 0 Å². The summed E-state index contributed by atoms with van der Waals surface area (Å²) in [5.74, 6) is 6.66. The van der Waals surface area contributed by atoms with Crippen LogP contribution >= 0.6 is 0 Å². The van der Waals surface area contributed by atoms with Crippen LogP contribution in [0.15, 0.2) is 24.3 Å². The number of benzene rings is 1. The maximum atomic E-state index is 5.70. The van der Waals surface area contributed by atoms with Crippen molar-refractivity contribution in [1.82, 2.24) is 0 Å². The van der Waals surface area contributed by atoms with E-state index in [9.17, 15) is 0 Å². The van der Waals surface area contributed by atoms with Gasteiger partial charge in [-0.25, -0.2) is 0 Å². The number of hydrogen-bond donors (Lipinski definition) is 1. The predicted octanol–water partition coefficient (Wildman–Crippen LogP) is 1.94. The zero-order valence-corrected chi connectivity index (χ0v) is 10.7. The van der Waals surface area contributed by atoms with Crippen LogP contribution in [0.5, 0.6) is 5.75 Å². The van der Waals surface area contributed by atoms with Crippen LogP contribution in [-0.4, -0.2) is 25.4 Å². The summed E-state index contributed by atoms with van der Waals surface area (Å²) < 4.78 is 11.4. The molecule has 3 heteroatoms. The van der Waals surface area contributed by atoms with Crippen molar-refractivity contribution >= 4 is 0 Å². The molecule has 1 aliphatic heterocycles. The lowest BCUT2D eigenvalue weighted by Gasteiger charge is -2.12. The second-order valence-electron chi connectivity index (χ2n) is 4.49. The summed E-state index contributed by atoms with van der Waals surface area (Å²) in [6.45, 7) is 3.11. The fraction of sp³-hybridized carbons (Fsp3) is 0.467. The van der Waals surface area contributed by atoms with Crippen LogP contribution in [0.1, 0.15) is 25.3 Å². The van der Waals surface area contributed by atoms with E-state index in [2.05, 4.69) is 18.8 Å². The molecular formula is C15H19NO2. The van der Waals surface area contributed by atoms with Crippen LogP contribution in [0.3, 0.4) is 0 Å². The van der Waals surface area contributed by atoms with Crippen molar-refractivity contribution in [2.45, 2.75) is 32.0 Å². The molecule has 2 rings (SSSR count). The van der Waals surface area contributed by atoms with Gasteiger partial charge in [0.25, 0.3) is 0 Å². The number of rotatable bonds is 3. The lowest BCUT2D eigenvalue weighted by atomic mass is 10.2. The average molecular weight is 245 g/mol. The molecule has 0 radical (unpaired) electrons. The van der Waals surface area contributed by atoms with Crippen LogP contribution < -0.4 is 10.5 Å². The molecule has 2 unspecified atom stereocenters. The van der Waals surface area contributed by atoms with Crippen LogP contribution in [0.2, 0.25) is 0 Å². The third-order valence-corrected chi connectivity index (χ3v) is 2.94. The van der Waals surface area contributed by atoms with Gasteiger partial charge in [0.05, 0.1) is 18.8 Å². The molecule has 1 saturated heterocycles. The standard InChI is InChI=1S/C15H19NO2/c1-12-4-7-15(18-12)11-17-14-8-5-13(6-9-14)3-2-10-16/h5-6,8-9,12,15H,4,7,10-11,16H2,1H3. The molecule has 0 bridgehead atoms. The first-order chi connectivity index (χ1) is 8.78. The van der Waals surface area contributed by atoms with Gasteiger partial charge in [-0.1, -0.05) is 11.8 Å². The SMILES string of the molecule is CC1CCC(COc2ccc(C#CCN)cc2)O1. The second-order valence-corrected chi connectivity index (χ2v) is 4.49. The third-order valence-electron chi connectivity index (χ3n) is 2.94. The first kappa shape index (κ1) is 12.9. The Balaban J connectivity index is 1.83. The number of nitrogens with two attached hydrogens (primary N) is 1. The smallest absolute Gasteiger partial charge is 0.119 e. The van der Waals surface area contributed by atoms with Crippen molar-refractivity contribution in [3.8, 4) is 17.6 Å².